The van der Waals surface area contributed by atoms with Crippen LogP contribution in [-0.4, -0.2) is 14.3 Å². The second kappa shape index (κ2) is 11.3. The van der Waals surface area contributed by atoms with Crippen molar-refractivity contribution < 1.29 is 9.22 Å². The zero-order valence-electron chi connectivity index (χ0n) is 14.4. The van der Waals surface area contributed by atoms with E-state index in [4.69, 9.17) is 4.43 Å². The lowest BCUT2D eigenvalue weighted by Gasteiger charge is -2.21. The smallest absolute Gasteiger partial charge is 0.292 e. The molecule has 0 radical (unpaired) electrons. The fourth-order valence-corrected chi connectivity index (χ4v) is 6.41. The van der Waals surface area contributed by atoms with Gasteiger partial charge in [0.2, 0.25) is 0 Å². The summed E-state index contributed by atoms with van der Waals surface area (Å²) in [6, 6.07) is 2.38. The van der Waals surface area contributed by atoms with Gasteiger partial charge in [0.25, 0.3) is 14.3 Å². The van der Waals surface area contributed by atoms with E-state index in [1.807, 2.05) is 0 Å². The van der Waals surface area contributed by atoms with Gasteiger partial charge in [0.15, 0.2) is 0 Å². The van der Waals surface area contributed by atoms with Gasteiger partial charge in [0.1, 0.15) is 0 Å². The first-order valence-corrected chi connectivity index (χ1v) is 12.2. The molecule has 0 spiro atoms. The fraction of sp³-hybridized carbons (Fsp3) is 0.944. The molecule has 1 aliphatic rings. The van der Waals surface area contributed by atoms with Gasteiger partial charge in [0.05, 0.1) is 0 Å². The topological polar surface area (TPSA) is 26.3 Å². The fourth-order valence-electron chi connectivity index (χ4n) is 3.31. The third kappa shape index (κ3) is 9.33. The normalized spacial score (nSPS) is 17.0. The molecule has 0 saturated carbocycles. The maximum absolute atomic E-state index is 11.9. The molecule has 0 bridgehead atoms. The predicted octanol–water partition coefficient (Wildman–Crippen LogP) is 6.21. The lowest BCUT2D eigenvalue weighted by molar-refractivity contribution is -0.135. The molecule has 0 aliphatic carbocycles. The molecule has 2 nitrogen and oxygen atoms in total. The molecule has 0 unspecified atom stereocenters. The van der Waals surface area contributed by atoms with Gasteiger partial charge in [-0.05, 0) is 25.1 Å². The van der Waals surface area contributed by atoms with Crippen molar-refractivity contribution in [2.24, 2.45) is 0 Å². The lowest BCUT2D eigenvalue weighted by atomic mass is 10.1. The maximum atomic E-state index is 11.9. The van der Waals surface area contributed by atoms with E-state index < -0.39 is 8.32 Å². The van der Waals surface area contributed by atoms with E-state index in [9.17, 15) is 4.79 Å². The Bertz CT molecular complexity index is 272. The standard InChI is InChI=1S/C18H36O2Si/c1-3-4-5-6-7-8-9-10-11-12-15-18(19)20-21(2)16-13-14-17-21/h3-17H2,1-2H3. The van der Waals surface area contributed by atoms with E-state index in [0.717, 1.165) is 6.42 Å². The number of rotatable bonds is 12. The molecular formula is C18H36O2Si. The largest absolute Gasteiger partial charge is 0.519 e. The Morgan fingerprint density at radius 1 is 0.857 bits per heavy atom. The lowest BCUT2D eigenvalue weighted by Crippen LogP contribution is -2.33. The van der Waals surface area contributed by atoms with Gasteiger partial charge < -0.3 is 4.43 Å². The summed E-state index contributed by atoms with van der Waals surface area (Å²) >= 11 is 0. The van der Waals surface area contributed by atoms with E-state index >= 15 is 0 Å². The molecule has 21 heavy (non-hydrogen) atoms. The molecule has 0 aromatic carbocycles. The third-order valence-corrected chi connectivity index (χ3v) is 8.30. The van der Waals surface area contributed by atoms with Crippen LogP contribution in [-0.2, 0) is 9.22 Å². The number of hydrogen-bond acceptors (Lipinski definition) is 2. The first-order valence-electron chi connectivity index (χ1n) is 9.38. The monoisotopic (exact) mass is 312 g/mol. The van der Waals surface area contributed by atoms with E-state index in [1.165, 1.54) is 82.7 Å². The Kier molecular flexibility index (Phi) is 10.1. The number of hydrogen-bond donors (Lipinski definition) is 0. The minimum absolute atomic E-state index is 0.0885. The van der Waals surface area contributed by atoms with Crippen LogP contribution in [0.4, 0.5) is 0 Å². The summed E-state index contributed by atoms with van der Waals surface area (Å²) in [7, 11) is -1.60. The van der Waals surface area contributed by atoms with Crippen molar-refractivity contribution in [3.8, 4) is 0 Å². The second-order valence-corrected chi connectivity index (χ2v) is 11.2. The SMILES string of the molecule is CCCCCCCCCCCCC(=O)O[Si]1(C)CCCC1. The van der Waals surface area contributed by atoms with Gasteiger partial charge in [-0.25, -0.2) is 0 Å². The highest BCUT2D eigenvalue weighted by Crippen LogP contribution is 2.31. The van der Waals surface area contributed by atoms with Crippen LogP contribution in [0.15, 0.2) is 0 Å². The van der Waals surface area contributed by atoms with Crippen molar-refractivity contribution in [2.45, 2.75) is 109 Å². The van der Waals surface area contributed by atoms with Crippen LogP contribution in [0.25, 0.3) is 0 Å². The molecule has 0 N–H and O–H groups in total. The summed E-state index contributed by atoms with van der Waals surface area (Å²) < 4.78 is 5.78. The number of carbonyl (C=O) groups is 1. The summed E-state index contributed by atoms with van der Waals surface area (Å²) in [5.41, 5.74) is 0. The van der Waals surface area contributed by atoms with Crippen LogP contribution in [0.2, 0.25) is 18.6 Å². The van der Waals surface area contributed by atoms with E-state index in [2.05, 4.69) is 13.5 Å². The average molecular weight is 313 g/mol. The van der Waals surface area contributed by atoms with Crippen LogP contribution >= 0.6 is 0 Å². The minimum Gasteiger partial charge on any atom is -0.519 e. The van der Waals surface area contributed by atoms with Crippen molar-refractivity contribution in [1.82, 2.24) is 0 Å². The Labute approximate surface area is 133 Å². The van der Waals surface area contributed by atoms with Crippen LogP contribution in [0, 0.1) is 0 Å². The van der Waals surface area contributed by atoms with Crippen molar-refractivity contribution in [3.05, 3.63) is 0 Å². The molecule has 1 saturated heterocycles. The summed E-state index contributed by atoms with van der Waals surface area (Å²) in [5.74, 6) is 0.0885. The first-order chi connectivity index (χ1) is 10.2. The average Bonchev–Trinajstić information content (AvgIpc) is 2.87. The first kappa shape index (κ1) is 18.7. The van der Waals surface area contributed by atoms with Crippen molar-refractivity contribution in [1.29, 1.82) is 0 Å². The van der Waals surface area contributed by atoms with Crippen LogP contribution < -0.4 is 0 Å². The quantitative estimate of drug-likeness (QED) is 0.316. The second-order valence-electron chi connectivity index (χ2n) is 7.06. The molecule has 124 valence electrons. The van der Waals surface area contributed by atoms with E-state index in [0.29, 0.717) is 6.42 Å². The van der Waals surface area contributed by atoms with Gasteiger partial charge in [0, 0.05) is 6.42 Å². The summed E-state index contributed by atoms with van der Waals surface area (Å²) in [6.07, 6.45) is 16.4. The Balaban J connectivity index is 1.86. The maximum Gasteiger partial charge on any atom is 0.292 e. The summed E-state index contributed by atoms with van der Waals surface area (Å²) in [6.45, 7) is 4.50. The molecular weight excluding hydrogens is 276 g/mol. The Morgan fingerprint density at radius 2 is 1.33 bits per heavy atom. The number of unbranched alkanes of at least 4 members (excludes halogenated alkanes) is 9. The number of carbonyl (C=O) groups excluding carboxylic acids is 1. The van der Waals surface area contributed by atoms with Crippen molar-refractivity contribution >= 4 is 14.3 Å². The summed E-state index contributed by atoms with van der Waals surface area (Å²) in [4.78, 5) is 11.9. The van der Waals surface area contributed by atoms with Gasteiger partial charge in [-0.15, -0.1) is 0 Å². The molecule has 0 aromatic rings. The highest BCUT2D eigenvalue weighted by atomic mass is 28.4. The molecule has 1 rings (SSSR count). The van der Waals surface area contributed by atoms with Gasteiger partial charge in [-0.1, -0.05) is 77.6 Å². The van der Waals surface area contributed by atoms with E-state index in [1.54, 1.807) is 0 Å². The highest BCUT2D eigenvalue weighted by Gasteiger charge is 2.36. The summed E-state index contributed by atoms with van der Waals surface area (Å²) in [5, 5.41) is 0. The molecule has 1 fully saturated rings. The van der Waals surface area contributed by atoms with Crippen LogP contribution in [0.3, 0.4) is 0 Å². The van der Waals surface area contributed by atoms with Gasteiger partial charge >= 0.3 is 0 Å². The van der Waals surface area contributed by atoms with Gasteiger partial charge in [-0.3, -0.25) is 4.79 Å². The van der Waals surface area contributed by atoms with Crippen molar-refractivity contribution in [3.63, 3.8) is 0 Å². The molecule has 1 heterocycles. The Morgan fingerprint density at radius 3 is 1.86 bits per heavy atom. The molecule has 0 amide bonds. The van der Waals surface area contributed by atoms with Crippen LogP contribution in [0.5, 0.6) is 0 Å². The zero-order chi connectivity index (χ0) is 15.4. The molecule has 3 heteroatoms. The van der Waals surface area contributed by atoms with Gasteiger partial charge in [-0.2, -0.15) is 0 Å². The predicted molar refractivity (Wildman–Crippen MR) is 93.0 cm³/mol. The molecule has 0 atom stereocenters. The zero-order valence-corrected chi connectivity index (χ0v) is 15.4. The molecule has 0 aromatic heterocycles. The molecule has 1 aliphatic heterocycles. The Hall–Kier alpha value is -0.313. The highest BCUT2D eigenvalue weighted by molar-refractivity contribution is 6.74. The van der Waals surface area contributed by atoms with Crippen LogP contribution in [0.1, 0.15) is 90.4 Å². The van der Waals surface area contributed by atoms with Crippen molar-refractivity contribution in [2.75, 3.05) is 0 Å². The minimum atomic E-state index is -1.60. The van der Waals surface area contributed by atoms with E-state index in [-0.39, 0.29) is 5.97 Å². The third-order valence-electron chi connectivity index (χ3n) is 4.76.